The molecule has 16 heavy (non-hydrogen) atoms. The van der Waals surface area contributed by atoms with Crippen molar-refractivity contribution in [1.29, 1.82) is 0 Å². The molecule has 4 heteroatoms. The van der Waals surface area contributed by atoms with Crippen LogP contribution in [0.1, 0.15) is 39.1 Å². The summed E-state index contributed by atoms with van der Waals surface area (Å²) < 4.78 is 0. The molecule has 0 aliphatic carbocycles. The minimum Gasteiger partial charge on any atom is -0.314 e. The molecule has 3 nitrogen and oxygen atoms in total. The molecule has 1 aromatic heterocycles. The molecule has 0 saturated heterocycles. The van der Waals surface area contributed by atoms with E-state index >= 15 is 0 Å². The van der Waals surface area contributed by atoms with Crippen LogP contribution in [0.3, 0.4) is 0 Å². The molecule has 0 aliphatic rings. The average Bonchev–Trinajstić information content (AvgIpc) is 2.69. The van der Waals surface area contributed by atoms with Gasteiger partial charge in [-0.25, -0.2) is 4.98 Å². The van der Waals surface area contributed by atoms with Crippen LogP contribution in [0.2, 0.25) is 0 Å². The van der Waals surface area contributed by atoms with E-state index in [4.69, 9.17) is 0 Å². The third-order valence-corrected chi connectivity index (χ3v) is 3.54. The van der Waals surface area contributed by atoms with Crippen LogP contribution in [0.15, 0.2) is 11.6 Å². The summed E-state index contributed by atoms with van der Waals surface area (Å²) >= 11 is 1.71. The van der Waals surface area contributed by atoms with Gasteiger partial charge in [0.15, 0.2) is 0 Å². The van der Waals surface area contributed by atoms with Crippen molar-refractivity contribution < 1.29 is 0 Å². The summed E-state index contributed by atoms with van der Waals surface area (Å²) in [5, 5.41) is 10.1. The summed E-state index contributed by atoms with van der Waals surface area (Å²) in [6.07, 6.45) is 3.01. The lowest BCUT2D eigenvalue weighted by Gasteiger charge is -2.24. The second kappa shape index (κ2) is 6.33. The largest absolute Gasteiger partial charge is 0.314 e. The summed E-state index contributed by atoms with van der Waals surface area (Å²) in [5.41, 5.74) is -0.00794. The predicted octanol–water partition coefficient (Wildman–Crippen LogP) is 2.36. The first-order valence-electron chi connectivity index (χ1n) is 5.91. The Morgan fingerprint density at radius 3 is 2.69 bits per heavy atom. The monoisotopic (exact) mass is 241 g/mol. The van der Waals surface area contributed by atoms with Crippen LogP contribution in [0.4, 0.5) is 0 Å². The second-order valence-electron chi connectivity index (χ2n) is 4.85. The SMILES string of the molecule is CC(C)NCCCNC(C)(C)c1nccs1. The van der Waals surface area contributed by atoms with Gasteiger partial charge in [-0.05, 0) is 33.4 Å². The van der Waals surface area contributed by atoms with Gasteiger partial charge in [0.2, 0.25) is 0 Å². The van der Waals surface area contributed by atoms with Gasteiger partial charge >= 0.3 is 0 Å². The number of hydrogen-bond acceptors (Lipinski definition) is 4. The molecular weight excluding hydrogens is 218 g/mol. The van der Waals surface area contributed by atoms with E-state index in [1.165, 1.54) is 0 Å². The number of hydrogen-bond donors (Lipinski definition) is 2. The third-order valence-electron chi connectivity index (χ3n) is 2.44. The van der Waals surface area contributed by atoms with Crippen LogP contribution < -0.4 is 10.6 Å². The molecule has 0 aliphatic heterocycles. The highest BCUT2D eigenvalue weighted by Gasteiger charge is 2.21. The van der Waals surface area contributed by atoms with Crippen molar-refractivity contribution >= 4 is 11.3 Å². The predicted molar refractivity (Wildman–Crippen MR) is 70.9 cm³/mol. The lowest BCUT2D eigenvalue weighted by Crippen LogP contribution is -2.38. The number of rotatable bonds is 7. The van der Waals surface area contributed by atoms with Gasteiger partial charge in [0.25, 0.3) is 0 Å². The van der Waals surface area contributed by atoms with E-state index in [0.717, 1.165) is 24.5 Å². The Hall–Kier alpha value is -0.450. The van der Waals surface area contributed by atoms with E-state index in [2.05, 4.69) is 43.3 Å². The first-order valence-corrected chi connectivity index (χ1v) is 6.79. The zero-order valence-corrected chi connectivity index (χ0v) is 11.5. The van der Waals surface area contributed by atoms with Crippen molar-refractivity contribution in [2.75, 3.05) is 13.1 Å². The molecule has 1 rings (SSSR count). The lowest BCUT2D eigenvalue weighted by atomic mass is 10.1. The summed E-state index contributed by atoms with van der Waals surface area (Å²) in [4.78, 5) is 4.36. The van der Waals surface area contributed by atoms with Crippen LogP contribution in [-0.2, 0) is 5.54 Å². The maximum atomic E-state index is 4.36. The van der Waals surface area contributed by atoms with Gasteiger partial charge in [-0.15, -0.1) is 11.3 Å². The Morgan fingerprint density at radius 2 is 2.12 bits per heavy atom. The van der Waals surface area contributed by atoms with Gasteiger partial charge in [-0.2, -0.15) is 0 Å². The van der Waals surface area contributed by atoms with E-state index < -0.39 is 0 Å². The van der Waals surface area contributed by atoms with Crippen LogP contribution in [-0.4, -0.2) is 24.1 Å². The molecule has 92 valence electrons. The fourth-order valence-electron chi connectivity index (χ4n) is 1.49. The Labute approximate surface area is 103 Å². The van der Waals surface area contributed by atoms with E-state index in [9.17, 15) is 0 Å². The van der Waals surface area contributed by atoms with E-state index in [1.54, 1.807) is 11.3 Å². The Bertz CT molecular complexity index is 280. The fourth-order valence-corrected chi connectivity index (χ4v) is 2.23. The molecule has 0 atom stereocenters. The van der Waals surface area contributed by atoms with Gasteiger partial charge in [-0.1, -0.05) is 13.8 Å². The minimum absolute atomic E-state index is 0.00794. The van der Waals surface area contributed by atoms with Crippen LogP contribution in [0, 0.1) is 0 Å². The smallest absolute Gasteiger partial charge is 0.112 e. The first-order chi connectivity index (χ1) is 7.52. The summed E-state index contributed by atoms with van der Waals surface area (Å²) in [5.74, 6) is 0. The molecule has 0 spiro atoms. The van der Waals surface area contributed by atoms with Gasteiger partial charge in [-0.3, -0.25) is 0 Å². The van der Waals surface area contributed by atoms with Gasteiger partial charge in [0.05, 0.1) is 5.54 Å². The highest BCUT2D eigenvalue weighted by molar-refractivity contribution is 7.09. The van der Waals surface area contributed by atoms with Gasteiger partial charge in [0, 0.05) is 17.6 Å². The molecule has 0 unspecified atom stereocenters. The number of thiazole rings is 1. The van der Waals surface area contributed by atoms with E-state index in [-0.39, 0.29) is 5.54 Å². The summed E-state index contributed by atoms with van der Waals surface area (Å²) in [6.45, 7) is 10.8. The van der Waals surface area contributed by atoms with Crippen molar-refractivity contribution in [2.45, 2.75) is 45.7 Å². The average molecular weight is 241 g/mol. The highest BCUT2D eigenvalue weighted by Crippen LogP contribution is 2.21. The molecule has 0 amide bonds. The molecule has 2 N–H and O–H groups in total. The zero-order chi connectivity index (χ0) is 12.0. The van der Waals surface area contributed by atoms with Gasteiger partial charge in [0.1, 0.15) is 5.01 Å². The standard InChI is InChI=1S/C12H23N3S/c1-10(2)13-6-5-7-15-12(3,4)11-14-8-9-16-11/h8-10,13,15H,5-7H2,1-4H3. The second-order valence-corrected chi connectivity index (χ2v) is 5.75. The lowest BCUT2D eigenvalue weighted by molar-refractivity contribution is 0.393. The maximum absolute atomic E-state index is 4.36. The Balaban J connectivity index is 2.22. The maximum Gasteiger partial charge on any atom is 0.112 e. The van der Waals surface area contributed by atoms with E-state index in [1.807, 2.05) is 11.6 Å². The van der Waals surface area contributed by atoms with Crippen LogP contribution in [0.25, 0.3) is 0 Å². The fraction of sp³-hybridized carbons (Fsp3) is 0.750. The normalized spacial score (nSPS) is 12.3. The first kappa shape index (κ1) is 13.6. The van der Waals surface area contributed by atoms with E-state index in [0.29, 0.717) is 6.04 Å². The number of aromatic nitrogens is 1. The van der Waals surface area contributed by atoms with Crippen molar-refractivity contribution in [3.8, 4) is 0 Å². The Morgan fingerprint density at radius 1 is 1.38 bits per heavy atom. The van der Waals surface area contributed by atoms with Crippen LogP contribution in [0.5, 0.6) is 0 Å². The topological polar surface area (TPSA) is 37.0 Å². The summed E-state index contributed by atoms with van der Waals surface area (Å²) in [7, 11) is 0. The highest BCUT2D eigenvalue weighted by atomic mass is 32.1. The van der Waals surface area contributed by atoms with Crippen molar-refractivity contribution in [2.24, 2.45) is 0 Å². The molecular formula is C12H23N3S. The molecule has 1 heterocycles. The number of nitrogens with one attached hydrogen (secondary N) is 2. The van der Waals surface area contributed by atoms with Crippen molar-refractivity contribution in [3.05, 3.63) is 16.6 Å². The van der Waals surface area contributed by atoms with Gasteiger partial charge < -0.3 is 10.6 Å². The molecule has 0 saturated carbocycles. The Kier molecular flexibility index (Phi) is 5.38. The third kappa shape index (κ3) is 4.60. The number of nitrogens with zero attached hydrogens (tertiary/aromatic N) is 1. The molecule has 0 radical (unpaired) electrons. The zero-order valence-electron chi connectivity index (χ0n) is 10.7. The van der Waals surface area contributed by atoms with Crippen molar-refractivity contribution in [3.63, 3.8) is 0 Å². The molecule has 0 bridgehead atoms. The minimum atomic E-state index is -0.00794. The quantitative estimate of drug-likeness (QED) is 0.720. The summed E-state index contributed by atoms with van der Waals surface area (Å²) in [6, 6.07) is 0.576. The molecule has 1 aromatic rings. The van der Waals surface area contributed by atoms with Crippen molar-refractivity contribution in [1.82, 2.24) is 15.6 Å². The molecule has 0 aromatic carbocycles. The van der Waals surface area contributed by atoms with Crippen LogP contribution >= 0.6 is 11.3 Å². The molecule has 0 fully saturated rings.